The van der Waals surface area contributed by atoms with E-state index in [1.165, 1.54) is 0 Å². The SMILES string of the molecule is CC(C)(C)CC(=O)Nc1cc(Br)cnc1Cl. The van der Waals surface area contributed by atoms with Crippen LogP contribution in [0.25, 0.3) is 0 Å². The van der Waals surface area contributed by atoms with Crippen molar-refractivity contribution in [2.45, 2.75) is 27.2 Å². The molecule has 1 N–H and O–H groups in total. The lowest BCUT2D eigenvalue weighted by molar-refractivity contribution is -0.117. The van der Waals surface area contributed by atoms with Gasteiger partial charge in [-0.05, 0) is 27.4 Å². The molecule has 0 bridgehead atoms. The Balaban J connectivity index is 2.73. The number of nitrogens with one attached hydrogen (secondary N) is 1. The molecule has 0 aliphatic heterocycles. The molecule has 5 heteroatoms. The van der Waals surface area contributed by atoms with E-state index in [2.05, 4.69) is 26.2 Å². The molecule has 0 radical (unpaired) electrons. The van der Waals surface area contributed by atoms with Crippen LogP contribution in [0.5, 0.6) is 0 Å². The number of carbonyl (C=O) groups is 1. The van der Waals surface area contributed by atoms with Crippen molar-refractivity contribution in [3.8, 4) is 0 Å². The predicted octanol–water partition coefficient (Wildman–Crippen LogP) is 3.87. The van der Waals surface area contributed by atoms with Crippen molar-refractivity contribution < 1.29 is 4.79 Å². The molecule has 0 aliphatic carbocycles. The zero-order chi connectivity index (χ0) is 12.3. The fourth-order valence-electron chi connectivity index (χ4n) is 1.19. The van der Waals surface area contributed by atoms with Crippen molar-refractivity contribution in [2.75, 3.05) is 5.32 Å². The van der Waals surface area contributed by atoms with Crippen molar-refractivity contribution in [1.82, 2.24) is 4.98 Å². The maximum atomic E-state index is 11.7. The van der Waals surface area contributed by atoms with Crippen LogP contribution in [0, 0.1) is 5.41 Å². The van der Waals surface area contributed by atoms with Gasteiger partial charge in [0.1, 0.15) is 0 Å². The van der Waals surface area contributed by atoms with Gasteiger partial charge in [-0.3, -0.25) is 4.79 Å². The van der Waals surface area contributed by atoms with Gasteiger partial charge in [0.15, 0.2) is 5.15 Å². The van der Waals surface area contributed by atoms with Crippen molar-refractivity contribution in [1.29, 1.82) is 0 Å². The van der Waals surface area contributed by atoms with E-state index >= 15 is 0 Å². The molecule has 0 unspecified atom stereocenters. The topological polar surface area (TPSA) is 42.0 Å². The van der Waals surface area contributed by atoms with Gasteiger partial charge in [-0.2, -0.15) is 0 Å². The quantitative estimate of drug-likeness (QED) is 0.843. The Labute approximate surface area is 109 Å². The summed E-state index contributed by atoms with van der Waals surface area (Å²) in [5.41, 5.74) is 0.487. The summed E-state index contributed by atoms with van der Waals surface area (Å²) in [6, 6.07) is 1.73. The first-order valence-corrected chi connectivity index (χ1v) is 6.06. The van der Waals surface area contributed by atoms with Gasteiger partial charge in [0, 0.05) is 17.1 Å². The fraction of sp³-hybridized carbons (Fsp3) is 0.455. The molecule has 88 valence electrons. The second-order valence-electron chi connectivity index (χ2n) is 4.78. The third-order valence-corrected chi connectivity index (χ3v) is 2.51. The normalized spacial score (nSPS) is 11.3. The monoisotopic (exact) mass is 304 g/mol. The highest BCUT2D eigenvalue weighted by Gasteiger charge is 2.16. The van der Waals surface area contributed by atoms with Crippen molar-refractivity contribution in [2.24, 2.45) is 5.41 Å². The van der Waals surface area contributed by atoms with Gasteiger partial charge >= 0.3 is 0 Å². The van der Waals surface area contributed by atoms with E-state index in [1.807, 2.05) is 20.8 Å². The van der Waals surface area contributed by atoms with Crippen LogP contribution in [0.15, 0.2) is 16.7 Å². The molecule has 0 saturated carbocycles. The number of amides is 1. The van der Waals surface area contributed by atoms with E-state index in [-0.39, 0.29) is 11.3 Å². The van der Waals surface area contributed by atoms with Crippen LogP contribution in [0.3, 0.4) is 0 Å². The van der Waals surface area contributed by atoms with E-state index in [0.717, 1.165) is 4.47 Å². The molecule has 1 amide bonds. The molecule has 1 aromatic heterocycles. The molecule has 0 spiro atoms. The zero-order valence-electron chi connectivity index (χ0n) is 9.47. The Hall–Kier alpha value is -0.610. The van der Waals surface area contributed by atoms with Crippen molar-refractivity contribution in [3.63, 3.8) is 0 Å². The molecule has 1 rings (SSSR count). The van der Waals surface area contributed by atoms with Crippen LogP contribution in [0.2, 0.25) is 5.15 Å². The smallest absolute Gasteiger partial charge is 0.224 e. The minimum absolute atomic E-state index is 0.0456. The first kappa shape index (κ1) is 13.5. The molecule has 3 nitrogen and oxygen atoms in total. The Kier molecular flexibility index (Phi) is 4.33. The van der Waals surface area contributed by atoms with E-state index in [0.29, 0.717) is 17.3 Å². The standard InChI is InChI=1S/C11H14BrClN2O/c1-11(2,3)5-9(16)15-8-4-7(12)6-14-10(8)13/h4,6H,5H2,1-3H3,(H,15,16). The summed E-state index contributed by atoms with van der Waals surface area (Å²) in [4.78, 5) is 15.6. The molecule has 1 aromatic rings. The molecule has 0 atom stereocenters. The predicted molar refractivity (Wildman–Crippen MR) is 69.6 cm³/mol. The summed E-state index contributed by atoms with van der Waals surface area (Å²) < 4.78 is 0.781. The van der Waals surface area contributed by atoms with Crippen LogP contribution in [0.4, 0.5) is 5.69 Å². The van der Waals surface area contributed by atoms with Gasteiger partial charge in [-0.15, -0.1) is 0 Å². The van der Waals surface area contributed by atoms with Gasteiger partial charge in [0.25, 0.3) is 0 Å². The van der Waals surface area contributed by atoms with Gasteiger partial charge < -0.3 is 5.32 Å². The Morgan fingerprint density at radius 1 is 1.56 bits per heavy atom. The van der Waals surface area contributed by atoms with E-state index in [9.17, 15) is 4.79 Å². The molecule has 0 aromatic carbocycles. The molecule has 0 fully saturated rings. The van der Waals surface area contributed by atoms with Crippen LogP contribution in [-0.4, -0.2) is 10.9 Å². The number of anilines is 1. The number of pyridine rings is 1. The third kappa shape index (κ3) is 4.49. The number of hydrogen-bond donors (Lipinski definition) is 1. The van der Waals surface area contributed by atoms with Gasteiger partial charge in [-0.25, -0.2) is 4.98 Å². The average molecular weight is 306 g/mol. The molecule has 1 heterocycles. The highest BCUT2D eigenvalue weighted by molar-refractivity contribution is 9.10. The zero-order valence-corrected chi connectivity index (χ0v) is 11.8. The third-order valence-electron chi connectivity index (χ3n) is 1.77. The summed E-state index contributed by atoms with van der Waals surface area (Å²) in [5, 5.41) is 3.04. The summed E-state index contributed by atoms with van der Waals surface area (Å²) in [6.07, 6.45) is 2.03. The second kappa shape index (κ2) is 5.15. The van der Waals surface area contributed by atoms with Crippen LogP contribution in [0.1, 0.15) is 27.2 Å². The van der Waals surface area contributed by atoms with Gasteiger partial charge in [-0.1, -0.05) is 32.4 Å². The minimum Gasteiger partial charge on any atom is -0.323 e. The molecule has 0 saturated heterocycles. The van der Waals surface area contributed by atoms with E-state index < -0.39 is 0 Å². The number of rotatable bonds is 2. The van der Waals surface area contributed by atoms with Crippen LogP contribution >= 0.6 is 27.5 Å². The molecular weight excluding hydrogens is 291 g/mol. The summed E-state index contributed by atoms with van der Waals surface area (Å²) >= 11 is 9.14. The Morgan fingerprint density at radius 2 is 2.19 bits per heavy atom. The summed E-state index contributed by atoms with van der Waals surface area (Å²) in [7, 11) is 0. The summed E-state index contributed by atoms with van der Waals surface area (Å²) in [6.45, 7) is 6.02. The first-order valence-electron chi connectivity index (χ1n) is 4.89. The average Bonchev–Trinajstić information content (AvgIpc) is 2.08. The highest BCUT2D eigenvalue weighted by Crippen LogP contribution is 2.25. The van der Waals surface area contributed by atoms with Crippen molar-refractivity contribution in [3.05, 3.63) is 21.9 Å². The fourth-order valence-corrected chi connectivity index (χ4v) is 1.67. The lowest BCUT2D eigenvalue weighted by Crippen LogP contribution is -2.19. The Morgan fingerprint density at radius 3 is 2.75 bits per heavy atom. The van der Waals surface area contributed by atoms with Crippen LogP contribution < -0.4 is 5.32 Å². The van der Waals surface area contributed by atoms with Gasteiger partial charge in [0.2, 0.25) is 5.91 Å². The maximum absolute atomic E-state index is 11.7. The lowest BCUT2D eigenvalue weighted by atomic mass is 9.92. The Bertz CT molecular complexity index is 401. The maximum Gasteiger partial charge on any atom is 0.224 e. The van der Waals surface area contributed by atoms with Crippen LogP contribution in [-0.2, 0) is 4.79 Å². The largest absolute Gasteiger partial charge is 0.323 e. The van der Waals surface area contributed by atoms with E-state index in [4.69, 9.17) is 11.6 Å². The number of halogens is 2. The second-order valence-corrected chi connectivity index (χ2v) is 6.05. The first-order chi connectivity index (χ1) is 7.28. The number of aromatic nitrogens is 1. The number of nitrogens with zero attached hydrogens (tertiary/aromatic N) is 1. The van der Waals surface area contributed by atoms with Gasteiger partial charge in [0.05, 0.1) is 5.69 Å². The summed E-state index contributed by atoms with van der Waals surface area (Å²) in [5.74, 6) is -0.0608. The lowest BCUT2D eigenvalue weighted by Gasteiger charge is -2.17. The molecule has 0 aliphatic rings. The van der Waals surface area contributed by atoms with Crippen molar-refractivity contribution >= 4 is 39.1 Å². The number of hydrogen-bond acceptors (Lipinski definition) is 2. The minimum atomic E-state index is -0.0608. The number of carbonyl (C=O) groups excluding carboxylic acids is 1. The molecular formula is C11H14BrClN2O. The highest BCUT2D eigenvalue weighted by atomic mass is 79.9. The van der Waals surface area contributed by atoms with E-state index in [1.54, 1.807) is 12.3 Å². The molecule has 16 heavy (non-hydrogen) atoms.